The van der Waals surface area contributed by atoms with Gasteiger partial charge in [-0.05, 0) is 25.7 Å². The van der Waals surface area contributed by atoms with E-state index in [-0.39, 0.29) is 16.9 Å². The summed E-state index contributed by atoms with van der Waals surface area (Å²) in [6.07, 6.45) is 6.06. The highest BCUT2D eigenvalue weighted by molar-refractivity contribution is 5.77. The number of aryl methyl sites for hydroxylation is 1. The normalized spacial score (nSPS) is 21.1. The lowest BCUT2D eigenvalue weighted by Crippen LogP contribution is -2.50. The van der Waals surface area contributed by atoms with Crippen LogP contribution < -0.4 is 0 Å². The highest BCUT2D eigenvalue weighted by Crippen LogP contribution is 2.34. The molecule has 1 fully saturated rings. The lowest BCUT2D eigenvalue weighted by atomic mass is 9.91. The van der Waals surface area contributed by atoms with Crippen LogP contribution in [0.4, 0.5) is 0 Å². The topological polar surface area (TPSA) is 68.5 Å². The SMILES string of the molecule is CCCC1(COC)CCCN1C(=O)CCCc1nc(C(C)(C)C)no1. The minimum absolute atomic E-state index is 0.107. The van der Waals surface area contributed by atoms with Crippen molar-refractivity contribution in [1.29, 1.82) is 0 Å². The number of carbonyl (C=O) groups is 1. The fourth-order valence-corrected chi connectivity index (χ4v) is 3.73. The van der Waals surface area contributed by atoms with Crippen LogP contribution in [0.5, 0.6) is 0 Å². The van der Waals surface area contributed by atoms with Gasteiger partial charge in [-0.2, -0.15) is 4.98 Å². The molecule has 0 spiro atoms. The largest absolute Gasteiger partial charge is 0.382 e. The lowest BCUT2D eigenvalue weighted by Gasteiger charge is -2.38. The maximum absolute atomic E-state index is 12.8. The molecule has 1 aromatic heterocycles. The molecule has 1 aliphatic rings. The number of nitrogens with zero attached hydrogens (tertiary/aromatic N) is 3. The van der Waals surface area contributed by atoms with Crippen LogP contribution in [0.2, 0.25) is 0 Å². The second kappa shape index (κ2) is 8.30. The van der Waals surface area contributed by atoms with Crippen molar-refractivity contribution in [3.05, 3.63) is 11.7 Å². The van der Waals surface area contributed by atoms with Gasteiger partial charge in [0.15, 0.2) is 5.82 Å². The molecule has 1 unspecified atom stereocenters. The Morgan fingerprint density at radius 3 is 2.76 bits per heavy atom. The number of ether oxygens (including phenoxy) is 1. The Kier molecular flexibility index (Phi) is 6.60. The van der Waals surface area contributed by atoms with Gasteiger partial charge in [0.2, 0.25) is 11.8 Å². The van der Waals surface area contributed by atoms with Gasteiger partial charge in [0.25, 0.3) is 0 Å². The Morgan fingerprint density at radius 1 is 1.40 bits per heavy atom. The van der Waals surface area contributed by atoms with Crippen molar-refractivity contribution in [3.63, 3.8) is 0 Å². The van der Waals surface area contributed by atoms with Gasteiger partial charge in [0.05, 0.1) is 12.1 Å². The predicted molar refractivity (Wildman–Crippen MR) is 96.4 cm³/mol. The molecule has 2 rings (SSSR count). The van der Waals surface area contributed by atoms with E-state index in [1.54, 1.807) is 7.11 Å². The van der Waals surface area contributed by atoms with Crippen LogP contribution in [0.15, 0.2) is 4.52 Å². The summed E-state index contributed by atoms with van der Waals surface area (Å²) in [7, 11) is 1.72. The summed E-state index contributed by atoms with van der Waals surface area (Å²) >= 11 is 0. The molecule has 25 heavy (non-hydrogen) atoms. The van der Waals surface area contributed by atoms with Crippen LogP contribution in [0.1, 0.15) is 77.9 Å². The van der Waals surface area contributed by atoms with E-state index < -0.39 is 0 Å². The van der Waals surface area contributed by atoms with E-state index in [1.807, 2.05) is 0 Å². The molecule has 1 amide bonds. The number of methoxy groups -OCH3 is 1. The molecular formula is C19H33N3O3. The van der Waals surface area contributed by atoms with Gasteiger partial charge in [0.1, 0.15) is 0 Å². The number of likely N-dealkylation sites (tertiary alicyclic amines) is 1. The summed E-state index contributed by atoms with van der Waals surface area (Å²) in [4.78, 5) is 19.3. The lowest BCUT2D eigenvalue weighted by molar-refractivity contribution is -0.137. The maximum atomic E-state index is 12.8. The van der Waals surface area contributed by atoms with E-state index in [2.05, 4.69) is 42.7 Å². The number of rotatable bonds is 8. The third-order valence-electron chi connectivity index (χ3n) is 4.95. The van der Waals surface area contributed by atoms with E-state index in [4.69, 9.17) is 9.26 Å². The molecule has 0 radical (unpaired) electrons. The Morgan fingerprint density at radius 2 is 2.16 bits per heavy atom. The molecular weight excluding hydrogens is 318 g/mol. The first-order valence-corrected chi connectivity index (χ1v) is 9.45. The predicted octanol–water partition coefficient (Wildman–Crippen LogP) is 3.50. The molecule has 1 atom stereocenters. The van der Waals surface area contributed by atoms with Crippen molar-refractivity contribution in [2.45, 2.75) is 83.6 Å². The van der Waals surface area contributed by atoms with Crippen LogP contribution in [-0.2, 0) is 21.4 Å². The van der Waals surface area contributed by atoms with Gasteiger partial charge < -0.3 is 14.2 Å². The van der Waals surface area contributed by atoms with Crippen molar-refractivity contribution in [2.75, 3.05) is 20.3 Å². The molecule has 1 aliphatic heterocycles. The van der Waals surface area contributed by atoms with E-state index in [0.29, 0.717) is 25.3 Å². The summed E-state index contributed by atoms with van der Waals surface area (Å²) in [5.41, 5.74) is -0.225. The summed E-state index contributed by atoms with van der Waals surface area (Å²) in [5.74, 6) is 1.56. The first-order chi connectivity index (χ1) is 11.8. The Hall–Kier alpha value is -1.43. The van der Waals surface area contributed by atoms with Gasteiger partial charge >= 0.3 is 0 Å². The van der Waals surface area contributed by atoms with E-state index in [9.17, 15) is 4.79 Å². The summed E-state index contributed by atoms with van der Waals surface area (Å²) in [6, 6.07) is 0. The number of hydrogen-bond acceptors (Lipinski definition) is 5. The van der Waals surface area contributed by atoms with Crippen LogP contribution in [-0.4, -0.2) is 46.7 Å². The fourth-order valence-electron chi connectivity index (χ4n) is 3.73. The van der Waals surface area contributed by atoms with Gasteiger partial charge in [-0.15, -0.1) is 0 Å². The minimum atomic E-state index is -0.118. The van der Waals surface area contributed by atoms with E-state index in [0.717, 1.165) is 44.5 Å². The average Bonchev–Trinajstić information content (AvgIpc) is 3.15. The highest BCUT2D eigenvalue weighted by Gasteiger charge is 2.42. The molecule has 2 heterocycles. The fraction of sp³-hybridized carbons (Fsp3) is 0.842. The summed E-state index contributed by atoms with van der Waals surface area (Å²) in [6.45, 7) is 9.81. The van der Waals surface area contributed by atoms with Gasteiger partial charge in [-0.1, -0.05) is 39.3 Å². The molecule has 6 nitrogen and oxygen atoms in total. The molecule has 0 bridgehead atoms. The van der Waals surface area contributed by atoms with E-state index in [1.165, 1.54) is 0 Å². The Balaban J connectivity index is 1.90. The zero-order valence-electron chi connectivity index (χ0n) is 16.4. The molecule has 142 valence electrons. The Labute approximate surface area is 151 Å². The first kappa shape index (κ1) is 19.9. The highest BCUT2D eigenvalue weighted by atomic mass is 16.5. The molecule has 0 N–H and O–H groups in total. The summed E-state index contributed by atoms with van der Waals surface area (Å²) < 4.78 is 10.8. The van der Waals surface area contributed by atoms with Crippen molar-refractivity contribution >= 4 is 5.91 Å². The molecule has 0 aliphatic carbocycles. The average molecular weight is 351 g/mol. The third kappa shape index (κ3) is 4.81. The third-order valence-corrected chi connectivity index (χ3v) is 4.95. The maximum Gasteiger partial charge on any atom is 0.226 e. The van der Waals surface area contributed by atoms with Crippen LogP contribution in [0.3, 0.4) is 0 Å². The van der Waals surface area contributed by atoms with Crippen molar-refractivity contribution in [1.82, 2.24) is 15.0 Å². The van der Waals surface area contributed by atoms with Gasteiger partial charge in [-0.3, -0.25) is 4.79 Å². The molecule has 1 aromatic rings. The summed E-state index contributed by atoms with van der Waals surface area (Å²) in [5, 5.41) is 4.04. The number of hydrogen-bond donors (Lipinski definition) is 0. The van der Waals surface area contributed by atoms with Gasteiger partial charge in [0, 0.05) is 31.9 Å². The molecule has 0 aromatic carbocycles. The van der Waals surface area contributed by atoms with Crippen LogP contribution in [0, 0.1) is 0 Å². The molecule has 6 heteroatoms. The standard InChI is InChI=1S/C19H33N3O3/c1-6-11-19(14-24-5)12-8-13-22(19)16(23)10-7-9-15-20-17(21-25-15)18(2,3)4/h6-14H2,1-5H3. The van der Waals surface area contributed by atoms with Crippen LogP contribution >= 0.6 is 0 Å². The minimum Gasteiger partial charge on any atom is -0.382 e. The zero-order chi connectivity index (χ0) is 18.5. The second-order valence-corrected chi connectivity index (χ2v) is 8.17. The Bertz CT molecular complexity index is 557. The van der Waals surface area contributed by atoms with Crippen LogP contribution in [0.25, 0.3) is 0 Å². The second-order valence-electron chi connectivity index (χ2n) is 8.17. The number of aromatic nitrogens is 2. The van der Waals surface area contributed by atoms with E-state index >= 15 is 0 Å². The number of amides is 1. The smallest absolute Gasteiger partial charge is 0.226 e. The molecule has 1 saturated heterocycles. The number of carbonyl (C=O) groups excluding carboxylic acids is 1. The van der Waals surface area contributed by atoms with Crippen molar-refractivity contribution in [2.24, 2.45) is 0 Å². The van der Waals surface area contributed by atoms with Crippen molar-refractivity contribution < 1.29 is 14.1 Å². The van der Waals surface area contributed by atoms with Crippen molar-refractivity contribution in [3.8, 4) is 0 Å². The zero-order valence-corrected chi connectivity index (χ0v) is 16.4. The molecule has 0 saturated carbocycles. The van der Waals surface area contributed by atoms with Gasteiger partial charge in [-0.25, -0.2) is 0 Å². The monoisotopic (exact) mass is 351 g/mol. The first-order valence-electron chi connectivity index (χ1n) is 9.45. The quantitative estimate of drug-likeness (QED) is 0.717.